The summed E-state index contributed by atoms with van der Waals surface area (Å²) in [5.41, 5.74) is 3.66. The Kier molecular flexibility index (Phi) is 4.39. The summed E-state index contributed by atoms with van der Waals surface area (Å²) >= 11 is 4.56. The molecule has 0 fully saturated rings. The number of hydrogen-bond donors (Lipinski definition) is 1. The number of benzene rings is 3. The van der Waals surface area contributed by atoms with E-state index < -0.39 is 0 Å². The van der Waals surface area contributed by atoms with Gasteiger partial charge in [-0.3, -0.25) is 9.36 Å². The SMILES string of the molecule is Bc1ccc2nc(S)n(C(c3ccccc3)c3ccccc3)c(=O)c2c1. The van der Waals surface area contributed by atoms with Crippen LogP contribution in [0.4, 0.5) is 0 Å². The molecule has 0 unspecified atom stereocenters. The first-order valence-electron chi connectivity index (χ1n) is 8.47. The summed E-state index contributed by atoms with van der Waals surface area (Å²) in [5, 5.41) is 1.02. The number of fused-ring (bicyclic) bond motifs is 1. The number of thiol groups is 1. The van der Waals surface area contributed by atoms with E-state index in [0.717, 1.165) is 16.6 Å². The molecule has 4 rings (SSSR count). The highest BCUT2D eigenvalue weighted by Crippen LogP contribution is 2.27. The third-order valence-corrected chi connectivity index (χ3v) is 4.84. The van der Waals surface area contributed by atoms with Crippen molar-refractivity contribution in [2.24, 2.45) is 0 Å². The molecule has 3 nitrogen and oxygen atoms in total. The Morgan fingerprint density at radius 1 is 0.885 bits per heavy atom. The molecule has 0 bridgehead atoms. The van der Waals surface area contributed by atoms with Crippen LogP contribution in [0.5, 0.6) is 0 Å². The van der Waals surface area contributed by atoms with Gasteiger partial charge in [0.05, 0.1) is 16.9 Å². The Hall–Kier alpha value is -2.79. The largest absolute Gasteiger partial charge is 0.275 e. The maximum Gasteiger partial charge on any atom is 0.262 e. The monoisotopic (exact) mass is 356 g/mol. The van der Waals surface area contributed by atoms with Crippen molar-refractivity contribution in [2.45, 2.75) is 11.2 Å². The van der Waals surface area contributed by atoms with Gasteiger partial charge in [-0.05, 0) is 17.2 Å². The van der Waals surface area contributed by atoms with Gasteiger partial charge in [-0.1, -0.05) is 78.3 Å². The molecule has 26 heavy (non-hydrogen) atoms. The van der Waals surface area contributed by atoms with Gasteiger partial charge in [-0.25, -0.2) is 4.98 Å². The molecule has 0 aliphatic carbocycles. The molecule has 0 amide bonds. The molecule has 0 radical (unpaired) electrons. The van der Waals surface area contributed by atoms with Crippen LogP contribution in [-0.2, 0) is 0 Å². The van der Waals surface area contributed by atoms with Gasteiger partial charge in [-0.2, -0.15) is 0 Å². The minimum atomic E-state index is -0.283. The summed E-state index contributed by atoms with van der Waals surface area (Å²) in [6.07, 6.45) is 0. The molecule has 0 atom stereocenters. The highest BCUT2D eigenvalue weighted by Gasteiger charge is 2.21. The highest BCUT2D eigenvalue weighted by molar-refractivity contribution is 7.80. The van der Waals surface area contributed by atoms with Crippen LogP contribution in [0.1, 0.15) is 17.2 Å². The van der Waals surface area contributed by atoms with E-state index in [1.807, 2.05) is 86.7 Å². The van der Waals surface area contributed by atoms with E-state index in [9.17, 15) is 4.79 Å². The lowest BCUT2D eigenvalue weighted by Crippen LogP contribution is -2.29. The van der Waals surface area contributed by atoms with Crippen LogP contribution in [0.15, 0.2) is 88.8 Å². The smallest absolute Gasteiger partial charge is 0.262 e. The Balaban J connectivity index is 2.05. The molecular formula is C21H17BN2OS. The average molecular weight is 356 g/mol. The summed E-state index contributed by atoms with van der Waals surface area (Å²) in [6.45, 7) is 0. The Morgan fingerprint density at radius 3 is 2.04 bits per heavy atom. The van der Waals surface area contributed by atoms with E-state index in [0.29, 0.717) is 16.1 Å². The van der Waals surface area contributed by atoms with Crippen molar-refractivity contribution in [2.75, 3.05) is 0 Å². The zero-order valence-corrected chi connectivity index (χ0v) is 15.2. The van der Waals surface area contributed by atoms with Crippen LogP contribution in [0.2, 0.25) is 0 Å². The number of rotatable bonds is 3. The first kappa shape index (κ1) is 16.7. The molecular weight excluding hydrogens is 339 g/mol. The fourth-order valence-corrected chi connectivity index (χ4v) is 3.61. The van der Waals surface area contributed by atoms with E-state index in [-0.39, 0.29) is 11.6 Å². The molecule has 0 saturated carbocycles. The lowest BCUT2D eigenvalue weighted by Gasteiger charge is -2.23. The minimum Gasteiger partial charge on any atom is -0.275 e. The fraction of sp³-hybridized carbons (Fsp3) is 0.0476. The second kappa shape index (κ2) is 6.85. The molecule has 1 heterocycles. The molecule has 0 aliphatic heterocycles. The predicted octanol–water partition coefficient (Wildman–Crippen LogP) is 2.58. The molecule has 0 spiro atoms. The third kappa shape index (κ3) is 2.95. The second-order valence-electron chi connectivity index (χ2n) is 6.33. The highest BCUT2D eigenvalue weighted by atomic mass is 32.1. The molecule has 5 heteroatoms. The van der Waals surface area contributed by atoms with Gasteiger partial charge in [0.1, 0.15) is 7.85 Å². The summed E-state index contributed by atoms with van der Waals surface area (Å²) in [4.78, 5) is 17.9. The molecule has 3 aromatic carbocycles. The van der Waals surface area contributed by atoms with E-state index in [1.165, 1.54) is 0 Å². The molecule has 4 aromatic rings. The van der Waals surface area contributed by atoms with Crippen LogP contribution in [0, 0.1) is 0 Å². The third-order valence-electron chi connectivity index (χ3n) is 4.53. The summed E-state index contributed by atoms with van der Waals surface area (Å²) in [5.74, 6) is 0. The zero-order valence-electron chi connectivity index (χ0n) is 14.3. The van der Waals surface area contributed by atoms with Crippen molar-refractivity contribution in [1.82, 2.24) is 9.55 Å². The van der Waals surface area contributed by atoms with Gasteiger partial charge in [0, 0.05) is 0 Å². The van der Waals surface area contributed by atoms with Crippen molar-refractivity contribution in [3.63, 3.8) is 0 Å². The Labute approximate surface area is 158 Å². The summed E-state index contributed by atoms with van der Waals surface area (Å²) in [6, 6.07) is 25.4. The average Bonchev–Trinajstić information content (AvgIpc) is 2.67. The maximum absolute atomic E-state index is 13.4. The maximum atomic E-state index is 13.4. The van der Waals surface area contributed by atoms with Gasteiger partial charge in [0.15, 0.2) is 5.16 Å². The van der Waals surface area contributed by atoms with Gasteiger partial charge >= 0.3 is 0 Å². The van der Waals surface area contributed by atoms with Crippen LogP contribution >= 0.6 is 12.6 Å². The van der Waals surface area contributed by atoms with Crippen molar-refractivity contribution < 1.29 is 0 Å². The summed E-state index contributed by atoms with van der Waals surface area (Å²) < 4.78 is 1.68. The van der Waals surface area contributed by atoms with Crippen molar-refractivity contribution in [3.05, 3.63) is 100 Å². The zero-order chi connectivity index (χ0) is 18.1. The predicted molar refractivity (Wildman–Crippen MR) is 112 cm³/mol. The van der Waals surface area contributed by atoms with E-state index in [1.54, 1.807) is 4.57 Å². The van der Waals surface area contributed by atoms with Crippen molar-refractivity contribution in [3.8, 4) is 0 Å². The van der Waals surface area contributed by atoms with Gasteiger partial charge in [0.25, 0.3) is 5.56 Å². The standard InChI is InChI=1S/C21H17BN2OS/c22-16-11-12-18-17(13-16)20(25)24(21(26)23-18)19(14-7-3-1-4-8-14)15-9-5-2-6-10-15/h1-13,19H,22H2,(H,23,26). The quantitative estimate of drug-likeness (QED) is 0.348. The normalized spacial score (nSPS) is 11.2. The van der Waals surface area contributed by atoms with E-state index >= 15 is 0 Å². The van der Waals surface area contributed by atoms with E-state index in [4.69, 9.17) is 0 Å². The van der Waals surface area contributed by atoms with Gasteiger partial charge in [0.2, 0.25) is 0 Å². The van der Waals surface area contributed by atoms with E-state index in [2.05, 4.69) is 17.6 Å². The topological polar surface area (TPSA) is 34.9 Å². The molecule has 0 N–H and O–H groups in total. The molecule has 1 aromatic heterocycles. The lowest BCUT2D eigenvalue weighted by molar-refractivity contribution is 0.579. The minimum absolute atomic E-state index is 0.0820. The van der Waals surface area contributed by atoms with Crippen LogP contribution in [-0.4, -0.2) is 17.4 Å². The number of nitrogens with zero attached hydrogens (tertiary/aromatic N) is 2. The fourth-order valence-electron chi connectivity index (χ4n) is 3.29. The number of aromatic nitrogens is 2. The van der Waals surface area contributed by atoms with Crippen LogP contribution < -0.4 is 11.0 Å². The molecule has 126 valence electrons. The Bertz CT molecular complexity index is 1090. The van der Waals surface area contributed by atoms with Crippen molar-refractivity contribution in [1.29, 1.82) is 0 Å². The summed E-state index contributed by atoms with van der Waals surface area (Å²) in [7, 11) is 1.98. The first-order valence-corrected chi connectivity index (χ1v) is 8.91. The van der Waals surface area contributed by atoms with Crippen LogP contribution in [0.25, 0.3) is 10.9 Å². The van der Waals surface area contributed by atoms with Crippen molar-refractivity contribution >= 4 is 36.8 Å². The second-order valence-corrected chi connectivity index (χ2v) is 6.73. The molecule has 0 aliphatic rings. The number of hydrogen-bond acceptors (Lipinski definition) is 3. The molecule has 0 saturated heterocycles. The van der Waals surface area contributed by atoms with Gasteiger partial charge in [-0.15, -0.1) is 12.6 Å². The lowest BCUT2D eigenvalue weighted by atomic mass is 9.94. The Morgan fingerprint density at radius 2 is 1.46 bits per heavy atom. The van der Waals surface area contributed by atoms with Gasteiger partial charge < -0.3 is 0 Å². The van der Waals surface area contributed by atoms with Crippen LogP contribution in [0.3, 0.4) is 0 Å². The first-order chi connectivity index (χ1) is 12.6.